The molecule has 0 spiro atoms. The van der Waals surface area contributed by atoms with Crippen molar-refractivity contribution in [2.45, 2.75) is 50.8 Å². The maximum absolute atomic E-state index is 13.6. The minimum Gasteiger partial charge on any atom is -0.488 e. The van der Waals surface area contributed by atoms with E-state index >= 15 is 0 Å². The standard InChI is InChI=1S/C38H45N5O6S/c1-25-9-16-32(17-10-25)50(47,48)41-31-15-18-35-30(19-31)20-37(45)43(27(3)24-44)21-26(2)36(49-35)23-42(4)22-28-11-13-29(14-12-28)38(46)40-34-8-6-5-7-33(34)39/h5-19,26-27,36,41,44H,20-24,39H2,1-4H3,(H,40,46)/t26-,27+,36-/m1/s1. The van der Waals surface area contributed by atoms with Crippen LogP contribution in [0.3, 0.4) is 0 Å². The maximum atomic E-state index is 13.6. The number of carbonyl (C=O) groups is 2. The zero-order valence-electron chi connectivity index (χ0n) is 28.8. The summed E-state index contributed by atoms with van der Waals surface area (Å²) in [7, 11) is -1.89. The second kappa shape index (κ2) is 15.8. The third kappa shape index (κ3) is 9.00. The number of benzene rings is 4. The van der Waals surface area contributed by atoms with E-state index in [-0.39, 0.29) is 41.8 Å². The van der Waals surface area contributed by atoms with Gasteiger partial charge in [-0.25, -0.2) is 8.42 Å². The van der Waals surface area contributed by atoms with E-state index < -0.39 is 16.1 Å². The third-order valence-electron chi connectivity index (χ3n) is 8.87. The normalized spacial score (nSPS) is 17.2. The van der Waals surface area contributed by atoms with E-state index in [0.29, 0.717) is 53.6 Å². The van der Waals surface area contributed by atoms with E-state index in [0.717, 1.165) is 11.1 Å². The Morgan fingerprint density at radius 2 is 1.76 bits per heavy atom. The molecule has 264 valence electrons. The molecule has 2 amide bonds. The van der Waals surface area contributed by atoms with E-state index in [4.69, 9.17) is 10.5 Å². The Hall–Kier alpha value is -4.91. The SMILES string of the molecule is Cc1ccc(S(=O)(=O)Nc2ccc3c(c2)CC(=O)N([C@@H](C)CO)C[C@@H](C)[C@@H](CN(C)Cc2ccc(C(=O)Nc4ccccc4N)cc2)O3)cc1. The fraction of sp³-hybridized carbons (Fsp3) is 0.316. The summed E-state index contributed by atoms with van der Waals surface area (Å²) < 4.78 is 35.5. The highest BCUT2D eigenvalue weighted by Gasteiger charge is 2.31. The number of aryl methyl sites for hydroxylation is 1. The first kappa shape index (κ1) is 36.4. The van der Waals surface area contributed by atoms with Crippen LogP contribution in [-0.2, 0) is 27.8 Å². The lowest BCUT2D eigenvalue weighted by Gasteiger charge is -2.34. The fourth-order valence-corrected chi connectivity index (χ4v) is 6.94. The first-order valence-electron chi connectivity index (χ1n) is 16.6. The molecule has 0 saturated heterocycles. The van der Waals surface area contributed by atoms with Crippen molar-refractivity contribution >= 4 is 38.9 Å². The van der Waals surface area contributed by atoms with E-state index in [9.17, 15) is 23.1 Å². The van der Waals surface area contributed by atoms with Crippen LogP contribution in [0.15, 0.2) is 95.9 Å². The van der Waals surface area contributed by atoms with E-state index in [2.05, 4.69) is 14.9 Å². The van der Waals surface area contributed by atoms with E-state index in [1.807, 2.05) is 39.1 Å². The quantitative estimate of drug-likeness (QED) is 0.161. The molecule has 1 aliphatic heterocycles. The van der Waals surface area contributed by atoms with Crippen LogP contribution in [0.25, 0.3) is 0 Å². The van der Waals surface area contributed by atoms with Crippen molar-refractivity contribution in [3.05, 3.63) is 113 Å². The lowest BCUT2D eigenvalue weighted by Crippen LogP contribution is -2.47. The number of sulfonamides is 1. The molecule has 11 nitrogen and oxygen atoms in total. The molecule has 5 rings (SSSR count). The molecule has 50 heavy (non-hydrogen) atoms. The molecule has 0 bridgehead atoms. The van der Waals surface area contributed by atoms with Gasteiger partial charge in [-0.2, -0.15) is 0 Å². The number of nitrogens with two attached hydrogens (primary N) is 1. The Balaban J connectivity index is 1.33. The van der Waals surface area contributed by atoms with Gasteiger partial charge in [0.1, 0.15) is 11.9 Å². The Labute approximate surface area is 294 Å². The van der Waals surface area contributed by atoms with Crippen molar-refractivity contribution in [3.63, 3.8) is 0 Å². The molecule has 0 aliphatic carbocycles. The van der Waals surface area contributed by atoms with Crippen LogP contribution >= 0.6 is 0 Å². The number of aliphatic hydroxyl groups excluding tert-OH is 1. The number of nitrogens with zero attached hydrogens (tertiary/aromatic N) is 2. The van der Waals surface area contributed by atoms with E-state index in [1.165, 1.54) is 0 Å². The van der Waals surface area contributed by atoms with Crippen LogP contribution in [0.2, 0.25) is 0 Å². The number of para-hydroxylation sites is 2. The predicted octanol–water partition coefficient (Wildman–Crippen LogP) is 4.91. The molecule has 0 aromatic heterocycles. The molecular weight excluding hydrogens is 655 g/mol. The lowest BCUT2D eigenvalue weighted by molar-refractivity contribution is -0.134. The summed E-state index contributed by atoms with van der Waals surface area (Å²) in [6.07, 6.45) is -0.374. The minimum atomic E-state index is -3.86. The monoisotopic (exact) mass is 699 g/mol. The molecular formula is C38H45N5O6S. The molecule has 12 heteroatoms. The van der Waals surface area contributed by atoms with Gasteiger partial charge < -0.3 is 25.8 Å². The number of nitrogen functional groups attached to an aromatic ring is 1. The van der Waals surface area contributed by atoms with E-state index in [1.54, 1.807) is 84.6 Å². The van der Waals surface area contributed by atoms with Gasteiger partial charge in [-0.3, -0.25) is 19.2 Å². The zero-order valence-corrected chi connectivity index (χ0v) is 29.6. The highest BCUT2D eigenvalue weighted by atomic mass is 32.2. The molecule has 3 atom stereocenters. The van der Waals surface area contributed by atoms with Crippen LogP contribution in [0.4, 0.5) is 17.1 Å². The number of hydrogen-bond acceptors (Lipinski definition) is 8. The second-order valence-corrected chi connectivity index (χ2v) is 14.7. The molecule has 1 aliphatic rings. The number of rotatable bonds is 11. The molecule has 1 heterocycles. The summed E-state index contributed by atoms with van der Waals surface area (Å²) in [6, 6.07) is 25.6. The molecule has 0 fully saturated rings. The Morgan fingerprint density at radius 1 is 1.06 bits per heavy atom. The van der Waals surface area contributed by atoms with Crippen LogP contribution in [-0.4, -0.2) is 74.0 Å². The number of hydrogen-bond donors (Lipinski definition) is 4. The Morgan fingerprint density at radius 3 is 2.44 bits per heavy atom. The molecule has 0 unspecified atom stereocenters. The fourth-order valence-electron chi connectivity index (χ4n) is 5.89. The molecule has 4 aromatic rings. The second-order valence-electron chi connectivity index (χ2n) is 13.1. The van der Waals surface area contributed by atoms with Gasteiger partial charge in [0, 0.05) is 42.4 Å². The van der Waals surface area contributed by atoms with Gasteiger partial charge >= 0.3 is 0 Å². The van der Waals surface area contributed by atoms with Gasteiger partial charge in [-0.05, 0) is 81.1 Å². The first-order chi connectivity index (χ1) is 23.8. The number of aliphatic hydroxyl groups is 1. The first-order valence-corrected chi connectivity index (χ1v) is 18.0. The number of nitrogens with one attached hydrogen (secondary N) is 2. The summed E-state index contributed by atoms with van der Waals surface area (Å²) in [6.45, 7) is 6.96. The minimum absolute atomic E-state index is 0.0220. The van der Waals surface area contributed by atoms with Crippen molar-refractivity contribution in [2.24, 2.45) is 5.92 Å². The highest BCUT2D eigenvalue weighted by molar-refractivity contribution is 7.92. The van der Waals surface area contributed by atoms with Gasteiger partial charge in [0.05, 0.1) is 35.3 Å². The average molecular weight is 700 g/mol. The van der Waals surface area contributed by atoms with Crippen LogP contribution < -0.4 is 20.5 Å². The summed E-state index contributed by atoms with van der Waals surface area (Å²) >= 11 is 0. The number of anilines is 3. The molecule has 0 radical (unpaired) electrons. The summed E-state index contributed by atoms with van der Waals surface area (Å²) in [5, 5.41) is 12.8. The molecule has 5 N–H and O–H groups in total. The van der Waals surface area contributed by atoms with Gasteiger partial charge in [0.15, 0.2) is 0 Å². The summed E-state index contributed by atoms with van der Waals surface area (Å²) in [4.78, 5) is 30.3. The Kier molecular flexibility index (Phi) is 11.5. The molecule has 4 aromatic carbocycles. The zero-order chi connectivity index (χ0) is 36.0. The number of carbonyl (C=O) groups excluding carboxylic acids is 2. The average Bonchev–Trinajstić information content (AvgIpc) is 3.12. The van der Waals surface area contributed by atoms with Crippen molar-refractivity contribution in [1.29, 1.82) is 0 Å². The lowest BCUT2D eigenvalue weighted by atomic mass is 10.0. The van der Waals surface area contributed by atoms with Crippen LogP contribution in [0, 0.1) is 12.8 Å². The Bertz CT molecular complexity index is 1920. The number of ether oxygens (including phenoxy) is 1. The smallest absolute Gasteiger partial charge is 0.261 e. The van der Waals surface area contributed by atoms with Crippen molar-refractivity contribution < 1.29 is 27.9 Å². The maximum Gasteiger partial charge on any atom is 0.261 e. The van der Waals surface area contributed by atoms with Gasteiger partial charge in [-0.1, -0.05) is 48.9 Å². The summed E-state index contributed by atoms with van der Waals surface area (Å²) in [5.41, 5.74) is 10.3. The van der Waals surface area contributed by atoms with Gasteiger partial charge in [-0.15, -0.1) is 0 Å². The number of fused-ring (bicyclic) bond motifs is 1. The third-order valence-corrected chi connectivity index (χ3v) is 10.3. The number of likely N-dealkylation sites (N-methyl/N-ethyl adjacent to an activating group) is 1. The topological polar surface area (TPSA) is 154 Å². The largest absolute Gasteiger partial charge is 0.488 e. The van der Waals surface area contributed by atoms with Gasteiger partial charge in [0.2, 0.25) is 5.91 Å². The number of amides is 2. The highest BCUT2D eigenvalue weighted by Crippen LogP contribution is 2.30. The molecule has 0 saturated carbocycles. The van der Waals surface area contributed by atoms with Crippen molar-refractivity contribution in [1.82, 2.24) is 9.80 Å². The summed E-state index contributed by atoms with van der Waals surface area (Å²) in [5.74, 6) is -0.0566. The van der Waals surface area contributed by atoms with Crippen LogP contribution in [0.5, 0.6) is 5.75 Å². The van der Waals surface area contributed by atoms with Crippen molar-refractivity contribution in [2.75, 3.05) is 42.5 Å². The van der Waals surface area contributed by atoms with Crippen molar-refractivity contribution in [3.8, 4) is 5.75 Å². The predicted molar refractivity (Wildman–Crippen MR) is 196 cm³/mol. The van der Waals surface area contributed by atoms with Crippen LogP contribution in [0.1, 0.15) is 40.9 Å². The van der Waals surface area contributed by atoms with Gasteiger partial charge in [0.25, 0.3) is 15.9 Å².